The summed E-state index contributed by atoms with van der Waals surface area (Å²) in [5.74, 6) is 0.667. The lowest BCUT2D eigenvalue weighted by atomic mass is 9.82. The van der Waals surface area contributed by atoms with Gasteiger partial charge in [0.15, 0.2) is 0 Å². The second kappa shape index (κ2) is 12.4. The van der Waals surface area contributed by atoms with Crippen molar-refractivity contribution in [3.05, 3.63) is 186 Å². The lowest BCUT2D eigenvalue weighted by Gasteiger charge is -2.27. The van der Waals surface area contributed by atoms with E-state index >= 15 is 0 Å². The highest BCUT2D eigenvalue weighted by atomic mass is 15.1. The van der Waals surface area contributed by atoms with Crippen LogP contribution in [0.3, 0.4) is 0 Å². The third-order valence-electron chi connectivity index (χ3n) is 11.4. The summed E-state index contributed by atoms with van der Waals surface area (Å²) in [6.07, 6.45) is 9.07. The van der Waals surface area contributed by atoms with E-state index in [1.54, 1.807) is 0 Å². The smallest absolute Gasteiger partial charge is 0.0540 e. The largest absolute Gasteiger partial charge is 0.309 e. The van der Waals surface area contributed by atoms with Crippen molar-refractivity contribution in [3.8, 4) is 44.5 Å². The molecule has 10 rings (SSSR count). The number of hydrogen-bond acceptors (Lipinski definition) is 1. The first-order chi connectivity index (χ1) is 25.3. The zero-order chi connectivity index (χ0) is 33.7. The Morgan fingerprint density at radius 1 is 0.392 bits per heavy atom. The summed E-state index contributed by atoms with van der Waals surface area (Å²) in [4.78, 5) is 2.43. The van der Waals surface area contributed by atoms with Gasteiger partial charge in [0, 0.05) is 16.8 Å². The molecular formula is C50H39N. The van der Waals surface area contributed by atoms with Crippen LogP contribution in [-0.4, -0.2) is 0 Å². The predicted octanol–water partition coefficient (Wildman–Crippen LogP) is 14.1. The number of fused-ring (bicyclic) bond motifs is 10. The molecule has 3 aliphatic rings. The number of hydrogen-bond donors (Lipinski definition) is 0. The molecule has 7 aromatic rings. The molecule has 0 aromatic heterocycles. The molecule has 0 unspecified atom stereocenters. The van der Waals surface area contributed by atoms with Crippen molar-refractivity contribution in [2.24, 2.45) is 0 Å². The monoisotopic (exact) mass is 653 g/mol. The molecule has 1 aliphatic heterocycles. The van der Waals surface area contributed by atoms with Gasteiger partial charge in [0.1, 0.15) is 0 Å². The Morgan fingerprint density at radius 2 is 0.843 bits per heavy atom. The first kappa shape index (κ1) is 29.9. The van der Waals surface area contributed by atoms with Crippen molar-refractivity contribution in [1.82, 2.24) is 0 Å². The van der Waals surface area contributed by atoms with Crippen LogP contribution in [0.4, 0.5) is 17.1 Å². The highest BCUT2D eigenvalue weighted by Gasteiger charge is 2.27. The fourth-order valence-corrected chi connectivity index (χ4v) is 8.96. The Balaban J connectivity index is 1.10. The Kier molecular flexibility index (Phi) is 7.31. The van der Waals surface area contributed by atoms with Crippen molar-refractivity contribution >= 4 is 28.7 Å². The first-order valence-corrected chi connectivity index (χ1v) is 18.5. The number of rotatable bonds is 3. The zero-order valence-corrected chi connectivity index (χ0v) is 28.7. The van der Waals surface area contributed by atoms with Gasteiger partial charge in [-0.3, -0.25) is 0 Å². The van der Waals surface area contributed by atoms with Gasteiger partial charge in [0.2, 0.25) is 0 Å². The fraction of sp³-hybridized carbons (Fsp3) is 0.120. The molecule has 244 valence electrons. The standard InChI is InChI=1S/C50H39N/c1-2-14-35(15-3-1)36-28-31-44-38-16-4-7-19-41(38)47(42-20-8-9-21-43(42)48(44)33-36)32-34-26-29-37(30-27-34)51-49-24-12-10-22-45(49)39-17-5-6-18-40(39)46-23-11-13-25-50(46)51/h4-13,16-33,35H,1-3,14-15H2. The third-order valence-corrected chi connectivity index (χ3v) is 11.4. The molecule has 0 bridgehead atoms. The van der Waals surface area contributed by atoms with E-state index in [0.29, 0.717) is 5.92 Å². The van der Waals surface area contributed by atoms with E-state index in [9.17, 15) is 0 Å². The molecule has 0 radical (unpaired) electrons. The van der Waals surface area contributed by atoms with Gasteiger partial charge >= 0.3 is 0 Å². The summed E-state index contributed by atoms with van der Waals surface area (Å²) in [5.41, 5.74) is 20.4. The van der Waals surface area contributed by atoms with Gasteiger partial charge < -0.3 is 4.90 Å². The maximum atomic E-state index is 2.52. The quantitative estimate of drug-likeness (QED) is 0.183. The molecule has 2 aliphatic carbocycles. The van der Waals surface area contributed by atoms with Gasteiger partial charge in [-0.05, 0) is 110 Å². The minimum Gasteiger partial charge on any atom is -0.309 e. The summed E-state index contributed by atoms with van der Waals surface area (Å²) >= 11 is 0. The summed E-state index contributed by atoms with van der Waals surface area (Å²) in [7, 11) is 0. The van der Waals surface area contributed by atoms with Crippen LogP contribution < -0.4 is 4.90 Å². The fourth-order valence-electron chi connectivity index (χ4n) is 8.96. The van der Waals surface area contributed by atoms with Gasteiger partial charge in [0.05, 0.1) is 11.4 Å². The van der Waals surface area contributed by atoms with Crippen LogP contribution >= 0.6 is 0 Å². The van der Waals surface area contributed by atoms with Gasteiger partial charge in [-0.2, -0.15) is 0 Å². The number of benzene rings is 7. The SMILES string of the molecule is C(=C1c2ccccc2-c2ccc(C3CCCCC3)cc2-c2ccccc21)c1ccc(N2c3ccccc3-c3ccccc3-c3ccccc32)cc1. The molecule has 1 heterocycles. The van der Waals surface area contributed by atoms with Crippen LogP contribution in [0.1, 0.15) is 60.3 Å². The average Bonchev–Trinajstić information content (AvgIpc) is 3.40. The maximum Gasteiger partial charge on any atom is 0.0540 e. The summed E-state index contributed by atoms with van der Waals surface area (Å²) < 4.78 is 0. The molecule has 0 N–H and O–H groups in total. The minimum atomic E-state index is 0.667. The van der Waals surface area contributed by atoms with E-state index in [4.69, 9.17) is 0 Å². The molecule has 0 saturated heterocycles. The molecule has 1 fully saturated rings. The van der Waals surface area contributed by atoms with E-state index < -0.39 is 0 Å². The highest BCUT2D eigenvalue weighted by molar-refractivity contribution is 6.07. The molecular weight excluding hydrogens is 615 g/mol. The molecule has 0 atom stereocenters. The van der Waals surface area contributed by atoms with Crippen LogP contribution in [0.15, 0.2) is 164 Å². The molecule has 1 saturated carbocycles. The topological polar surface area (TPSA) is 3.24 Å². The normalized spacial score (nSPS) is 15.4. The van der Waals surface area contributed by atoms with E-state index in [2.05, 4.69) is 175 Å². The van der Waals surface area contributed by atoms with Crippen LogP contribution in [0, 0.1) is 0 Å². The average molecular weight is 654 g/mol. The van der Waals surface area contributed by atoms with Gasteiger partial charge in [-0.25, -0.2) is 0 Å². The van der Waals surface area contributed by atoms with E-state index in [-0.39, 0.29) is 0 Å². The Hall–Kier alpha value is -5.92. The third kappa shape index (κ3) is 5.07. The van der Waals surface area contributed by atoms with Crippen molar-refractivity contribution in [1.29, 1.82) is 0 Å². The summed E-state index contributed by atoms with van der Waals surface area (Å²) in [5, 5.41) is 0. The van der Waals surface area contributed by atoms with Gasteiger partial charge in [0.25, 0.3) is 0 Å². The number of nitrogens with zero attached hydrogens (tertiary/aromatic N) is 1. The minimum absolute atomic E-state index is 0.667. The second-order valence-corrected chi connectivity index (χ2v) is 14.3. The summed E-state index contributed by atoms with van der Waals surface area (Å²) in [6.45, 7) is 0. The van der Waals surface area contributed by atoms with E-state index in [1.807, 2.05) is 0 Å². The lowest BCUT2D eigenvalue weighted by molar-refractivity contribution is 0.444. The van der Waals surface area contributed by atoms with Crippen molar-refractivity contribution in [2.75, 3.05) is 4.90 Å². The second-order valence-electron chi connectivity index (χ2n) is 14.3. The zero-order valence-electron chi connectivity index (χ0n) is 28.7. The number of para-hydroxylation sites is 2. The van der Waals surface area contributed by atoms with Crippen LogP contribution in [0.25, 0.3) is 56.2 Å². The molecule has 7 aromatic carbocycles. The van der Waals surface area contributed by atoms with E-state index in [1.165, 1.54) is 116 Å². The van der Waals surface area contributed by atoms with Crippen LogP contribution in [0.5, 0.6) is 0 Å². The molecule has 1 heteroatoms. The molecule has 0 amide bonds. The maximum absolute atomic E-state index is 2.52. The highest BCUT2D eigenvalue weighted by Crippen LogP contribution is 2.51. The first-order valence-electron chi connectivity index (χ1n) is 18.5. The van der Waals surface area contributed by atoms with Crippen molar-refractivity contribution in [2.45, 2.75) is 38.0 Å². The van der Waals surface area contributed by atoms with Crippen LogP contribution in [0.2, 0.25) is 0 Å². The Labute approximate surface area is 301 Å². The van der Waals surface area contributed by atoms with Crippen LogP contribution in [-0.2, 0) is 0 Å². The molecule has 1 nitrogen and oxygen atoms in total. The lowest BCUT2D eigenvalue weighted by Crippen LogP contribution is -2.10. The van der Waals surface area contributed by atoms with Crippen molar-refractivity contribution in [3.63, 3.8) is 0 Å². The number of anilines is 3. The molecule has 51 heavy (non-hydrogen) atoms. The molecule has 0 spiro atoms. The van der Waals surface area contributed by atoms with Crippen molar-refractivity contribution < 1.29 is 0 Å². The van der Waals surface area contributed by atoms with Gasteiger partial charge in [-0.15, -0.1) is 0 Å². The Bertz CT molecular complexity index is 2390. The van der Waals surface area contributed by atoms with Gasteiger partial charge in [-0.1, -0.05) is 159 Å². The van der Waals surface area contributed by atoms with E-state index in [0.717, 1.165) is 5.69 Å². The predicted molar refractivity (Wildman–Crippen MR) is 216 cm³/mol. The Morgan fingerprint density at radius 3 is 1.41 bits per heavy atom. The summed E-state index contributed by atoms with van der Waals surface area (Å²) in [6, 6.07) is 60.9.